The van der Waals surface area contributed by atoms with E-state index in [-0.39, 0.29) is 0 Å². The van der Waals surface area contributed by atoms with Crippen molar-refractivity contribution in [1.29, 1.82) is 0 Å². The minimum absolute atomic E-state index is 0.345. The molecule has 2 aliphatic heterocycles. The quantitative estimate of drug-likeness (QED) is 0.920. The molecule has 0 amide bonds. The molecule has 1 aromatic carbocycles. The maximum absolute atomic E-state index is 6.02. The number of rotatable bonds is 2. The number of hydrogen-bond acceptors (Lipinski definition) is 4. The summed E-state index contributed by atoms with van der Waals surface area (Å²) in [4.78, 5) is 4.53. The number of hydrogen-bond donors (Lipinski definition) is 1. The second-order valence-electron chi connectivity index (χ2n) is 5.47. The summed E-state index contributed by atoms with van der Waals surface area (Å²) in [5.41, 5.74) is 0.825. The summed E-state index contributed by atoms with van der Waals surface area (Å²) < 4.78 is 5.45. The lowest BCUT2D eigenvalue weighted by Crippen LogP contribution is -2.21. The molecule has 0 aliphatic carbocycles. The van der Waals surface area contributed by atoms with Gasteiger partial charge in [0, 0.05) is 17.6 Å². The Balaban J connectivity index is 1.63. The summed E-state index contributed by atoms with van der Waals surface area (Å²) in [6.45, 7) is 0. The van der Waals surface area contributed by atoms with Crippen molar-refractivity contribution in [3.8, 4) is 11.4 Å². The third-order valence-corrected chi connectivity index (χ3v) is 4.98. The molecule has 1 N–H and O–H groups in total. The molecule has 20 heavy (non-hydrogen) atoms. The van der Waals surface area contributed by atoms with Crippen LogP contribution in [0.4, 0.5) is 0 Å². The van der Waals surface area contributed by atoms with Crippen molar-refractivity contribution < 1.29 is 4.52 Å². The SMILES string of the molecule is Clc1ccc(-c2noc(C3CC4CCC3N4)n2)cc1Cl. The maximum Gasteiger partial charge on any atom is 0.231 e. The summed E-state index contributed by atoms with van der Waals surface area (Å²) >= 11 is 11.9. The molecule has 3 unspecified atom stereocenters. The Morgan fingerprint density at radius 3 is 2.80 bits per heavy atom. The number of nitrogens with zero attached hydrogens (tertiary/aromatic N) is 2. The summed E-state index contributed by atoms with van der Waals surface area (Å²) in [6, 6.07) is 6.46. The first-order chi connectivity index (χ1) is 9.70. The molecule has 0 radical (unpaired) electrons. The first-order valence-corrected chi connectivity index (χ1v) is 7.51. The van der Waals surface area contributed by atoms with Gasteiger partial charge in [0.15, 0.2) is 0 Å². The van der Waals surface area contributed by atoms with Crippen molar-refractivity contribution in [2.75, 3.05) is 0 Å². The lowest BCUT2D eigenvalue weighted by atomic mass is 9.89. The Hall–Kier alpha value is -1.10. The zero-order chi connectivity index (χ0) is 13.7. The van der Waals surface area contributed by atoms with Gasteiger partial charge in [-0.05, 0) is 37.5 Å². The van der Waals surface area contributed by atoms with Crippen molar-refractivity contribution in [3.63, 3.8) is 0 Å². The normalized spacial score (nSPS) is 28.2. The zero-order valence-electron chi connectivity index (χ0n) is 10.6. The zero-order valence-corrected chi connectivity index (χ0v) is 12.2. The molecule has 2 saturated heterocycles. The van der Waals surface area contributed by atoms with E-state index in [1.807, 2.05) is 6.07 Å². The highest BCUT2D eigenvalue weighted by molar-refractivity contribution is 6.42. The predicted octanol–water partition coefficient (Wildman–Crippen LogP) is 3.65. The highest BCUT2D eigenvalue weighted by atomic mass is 35.5. The van der Waals surface area contributed by atoms with Crippen LogP contribution < -0.4 is 5.32 Å². The molecule has 2 aliphatic rings. The molecule has 4 rings (SSSR count). The fourth-order valence-electron chi connectivity index (χ4n) is 3.24. The molecule has 2 aromatic rings. The average Bonchev–Trinajstić information content (AvgIpc) is 3.16. The third-order valence-electron chi connectivity index (χ3n) is 4.24. The van der Waals surface area contributed by atoms with Crippen LogP contribution in [0.3, 0.4) is 0 Å². The van der Waals surface area contributed by atoms with Crippen molar-refractivity contribution in [3.05, 3.63) is 34.1 Å². The predicted molar refractivity (Wildman–Crippen MR) is 77.1 cm³/mol. The Kier molecular flexibility index (Phi) is 2.98. The number of benzene rings is 1. The molecule has 0 saturated carbocycles. The monoisotopic (exact) mass is 309 g/mol. The van der Waals surface area contributed by atoms with Gasteiger partial charge in [-0.1, -0.05) is 28.4 Å². The fraction of sp³-hybridized carbons (Fsp3) is 0.429. The van der Waals surface area contributed by atoms with E-state index in [1.165, 1.54) is 12.8 Å². The third kappa shape index (κ3) is 2.03. The van der Waals surface area contributed by atoms with Crippen LogP contribution in [0.1, 0.15) is 31.1 Å². The summed E-state index contributed by atoms with van der Waals surface area (Å²) in [7, 11) is 0. The second kappa shape index (κ2) is 4.72. The van der Waals surface area contributed by atoms with E-state index in [1.54, 1.807) is 12.1 Å². The van der Waals surface area contributed by atoms with Gasteiger partial charge in [0.05, 0.1) is 16.0 Å². The van der Waals surface area contributed by atoms with Gasteiger partial charge in [0.2, 0.25) is 11.7 Å². The topological polar surface area (TPSA) is 51.0 Å². The molecule has 104 valence electrons. The number of aromatic nitrogens is 2. The lowest BCUT2D eigenvalue weighted by molar-refractivity contribution is 0.329. The smallest absolute Gasteiger partial charge is 0.231 e. The van der Waals surface area contributed by atoms with Crippen LogP contribution in [0.15, 0.2) is 22.7 Å². The van der Waals surface area contributed by atoms with E-state index in [9.17, 15) is 0 Å². The van der Waals surface area contributed by atoms with Crippen molar-refractivity contribution >= 4 is 23.2 Å². The molecule has 1 aromatic heterocycles. The van der Waals surface area contributed by atoms with Gasteiger partial charge in [-0.15, -0.1) is 0 Å². The summed E-state index contributed by atoms with van der Waals surface area (Å²) in [6.07, 6.45) is 3.54. The highest BCUT2D eigenvalue weighted by Crippen LogP contribution is 2.39. The molecular formula is C14H13Cl2N3O. The highest BCUT2D eigenvalue weighted by Gasteiger charge is 2.42. The van der Waals surface area contributed by atoms with E-state index >= 15 is 0 Å². The Morgan fingerprint density at radius 1 is 1.20 bits per heavy atom. The van der Waals surface area contributed by atoms with Gasteiger partial charge in [-0.2, -0.15) is 4.98 Å². The molecule has 4 nitrogen and oxygen atoms in total. The summed E-state index contributed by atoms with van der Waals surface area (Å²) in [5, 5.41) is 8.67. The number of fused-ring (bicyclic) bond motifs is 2. The van der Waals surface area contributed by atoms with E-state index in [0.29, 0.717) is 33.9 Å². The van der Waals surface area contributed by atoms with Crippen molar-refractivity contribution in [1.82, 2.24) is 15.5 Å². The molecule has 0 spiro atoms. The molecule has 2 fully saturated rings. The van der Waals surface area contributed by atoms with Gasteiger partial charge in [-0.3, -0.25) is 0 Å². The Bertz CT molecular complexity index is 658. The van der Waals surface area contributed by atoms with Crippen molar-refractivity contribution in [2.45, 2.75) is 37.3 Å². The van der Waals surface area contributed by atoms with Crippen LogP contribution in [0.5, 0.6) is 0 Å². The minimum Gasteiger partial charge on any atom is -0.339 e. The van der Waals surface area contributed by atoms with Gasteiger partial charge >= 0.3 is 0 Å². The van der Waals surface area contributed by atoms with Crippen LogP contribution in [0, 0.1) is 0 Å². The number of halogens is 2. The van der Waals surface area contributed by atoms with E-state index in [4.69, 9.17) is 27.7 Å². The van der Waals surface area contributed by atoms with Crippen LogP contribution in [-0.4, -0.2) is 22.2 Å². The van der Waals surface area contributed by atoms with E-state index in [2.05, 4.69) is 15.5 Å². The summed E-state index contributed by atoms with van der Waals surface area (Å²) in [5.74, 6) is 1.64. The van der Waals surface area contributed by atoms with E-state index < -0.39 is 0 Å². The van der Waals surface area contributed by atoms with Gasteiger partial charge < -0.3 is 9.84 Å². The molecule has 6 heteroatoms. The average molecular weight is 310 g/mol. The lowest BCUT2D eigenvalue weighted by Gasteiger charge is -2.15. The molecule has 3 heterocycles. The molecule has 2 bridgehead atoms. The van der Waals surface area contributed by atoms with Crippen molar-refractivity contribution in [2.24, 2.45) is 0 Å². The Morgan fingerprint density at radius 2 is 2.10 bits per heavy atom. The first-order valence-electron chi connectivity index (χ1n) is 6.76. The Labute approximate surface area is 126 Å². The van der Waals surface area contributed by atoms with Gasteiger partial charge in [0.1, 0.15) is 0 Å². The standard InChI is InChI=1S/C14H13Cl2N3O/c15-10-3-1-7(5-11(10)16)13-18-14(20-19-13)9-6-8-2-4-12(9)17-8/h1,3,5,8-9,12,17H,2,4,6H2. The van der Waals surface area contributed by atoms with Crippen LogP contribution in [0.25, 0.3) is 11.4 Å². The van der Waals surface area contributed by atoms with Crippen LogP contribution in [0.2, 0.25) is 10.0 Å². The fourth-order valence-corrected chi connectivity index (χ4v) is 3.53. The maximum atomic E-state index is 6.02. The van der Waals surface area contributed by atoms with Gasteiger partial charge in [0.25, 0.3) is 0 Å². The number of nitrogens with one attached hydrogen (secondary N) is 1. The minimum atomic E-state index is 0.345. The molecule has 3 atom stereocenters. The van der Waals surface area contributed by atoms with Gasteiger partial charge in [-0.25, -0.2) is 0 Å². The van der Waals surface area contributed by atoms with E-state index in [0.717, 1.165) is 17.9 Å². The van der Waals surface area contributed by atoms with Crippen LogP contribution in [-0.2, 0) is 0 Å². The first kappa shape index (κ1) is 12.6. The molecular weight excluding hydrogens is 297 g/mol. The van der Waals surface area contributed by atoms with Crippen LogP contribution >= 0.6 is 23.2 Å². The second-order valence-corrected chi connectivity index (χ2v) is 6.29. The largest absolute Gasteiger partial charge is 0.339 e.